The van der Waals surface area contributed by atoms with E-state index in [1.54, 1.807) is 24.3 Å². The van der Waals surface area contributed by atoms with Crippen molar-refractivity contribution in [2.45, 2.75) is 6.92 Å². The van der Waals surface area contributed by atoms with Crippen molar-refractivity contribution in [2.24, 2.45) is 0 Å². The molecular formula is C37H31INO3PS. The molecule has 0 saturated carbocycles. The zero-order valence-corrected chi connectivity index (χ0v) is 28.0. The van der Waals surface area contributed by atoms with Crippen molar-refractivity contribution in [1.82, 2.24) is 5.32 Å². The van der Waals surface area contributed by atoms with E-state index in [1.165, 1.54) is 18.7 Å². The molecule has 0 radical (unpaired) electrons. The zero-order valence-electron chi connectivity index (χ0n) is 24.1. The summed E-state index contributed by atoms with van der Waals surface area (Å²) in [6, 6.07) is 48.2. The van der Waals surface area contributed by atoms with Crippen molar-refractivity contribution >= 4 is 52.4 Å². The maximum atomic E-state index is 15.0. The number of halogens is 1. The minimum absolute atomic E-state index is 0. The summed E-state index contributed by atoms with van der Waals surface area (Å²) < 4.78 is 0. The molecule has 5 aromatic carbocycles. The van der Waals surface area contributed by atoms with Crippen LogP contribution < -0.4 is 45.2 Å². The quantitative estimate of drug-likeness (QED) is 0.0975. The van der Waals surface area contributed by atoms with Crippen LogP contribution in [0.4, 0.5) is 0 Å². The molecule has 0 fully saturated rings. The second kappa shape index (κ2) is 15.8. The van der Waals surface area contributed by atoms with Crippen LogP contribution in [0.2, 0.25) is 0 Å². The van der Waals surface area contributed by atoms with Crippen LogP contribution in [0.3, 0.4) is 0 Å². The number of amides is 1. The van der Waals surface area contributed by atoms with Gasteiger partial charge in [0.05, 0.1) is 5.75 Å². The molecule has 0 aliphatic rings. The van der Waals surface area contributed by atoms with Gasteiger partial charge in [0.2, 0.25) is 11.7 Å². The number of rotatable bonds is 11. The van der Waals surface area contributed by atoms with Gasteiger partial charge in [0.15, 0.2) is 18.4 Å². The van der Waals surface area contributed by atoms with E-state index in [4.69, 9.17) is 0 Å². The van der Waals surface area contributed by atoms with Gasteiger partial charge in [0, 0.05) is 18.1 Å². The van der Waals surface area contributed by atoms with Gasteiger partial charge < -0.3 is 29.3 Å². The summed E-state index contributed by atoms with van der Waals surface area (Å²) >= 11 is 1.20. The number of nitrogens with one attached hydrogen (secondary N) is 1. The first-order chi connectivity index (χ1) is 21.0. The maximum Gasteiger partial charge on any atom is 0.231 e. The molecule has 0 spiro atoms. The number of Topliss-reactive ketones (excluding diaryl/α,β-unsaturated/α-hetero) is 2. The van der Waals surface area contributed by atoms with Crippen LogP contribution in [0.15, 0.2) is 162 Å². The fourth-order valence-corrected chi connectivity index (χ4v) is 10.9. The first-order valence-electron chi connectivity index (χ1n) is 13.9. The number of carbonyl (C=O) groups is 3. The molecule has 220 valence electrons. The molecule has 0 atom stereocenters. The second-order valence-electron chi connectivity index (χ2n) is 9.81. The van der Waals surface area contributed by atoms with Crippen LogP contribution in [-0.4, -0.2) is 23.2 Å². The molecule has 44 heavy (non-hydrogen) atoms. The van der Waals surface area contributed by atoms with E-state index < -0.39 is 7.26 Å². The van der Waals surface area contributed by atoms with Crippen molar-refractivity contribution in [2.75, 3.05) is 5.75 Å². The molecule has 4 nitrogen and oxygen atoms in total. The highest BCUT2D eigenvalue weighted by Gasteiger charge is 2.54. The Labute approximate surface area is 280 Å². The van der Waals surface area contributed by atoms with Crippen molar-refractivity contribution < 1.29 is 38.4 Å². The van der Waals surface area contributed by atoms with Crippen LogP contribution in [0, 0.1) is 0 Å². The van der Waals surface area contributed by atoms with Crippen molar-refractivity contribution in [3.8, 4) is 0 Å². The molecule has 0 unspecified atom stereocenters. The fraction of sp³-hybridized carbons (Fsp3) is 0.0541. The lowest BCUT2D eigenvalue weighted by Gasteiger charge is -2.30. The molecule has 7 heteroatoms. The summed E-state index contributed by atoms with van der Waals surface area (Å²) in [6.45, 7) is 1.43. The summed E-state index contributed by atoms with van der Waals surface area (Å²) in [5.41, 5.74) is 1.07. The lowest BCUT2D eigenvalue weighted by atomic mass is 10.1. The zero-order chi connectivity index (χ0) is 30.1. The van der Waals surface area contributed by atoms with Crippen molar-refractivity contribution in [3.63, 3.8) is 0 Å². The minimum atomic E-state index is -2.95. The van der Waals surface area contributed by atoms with E-state index in [2.05, 4.69) is 41.7 Å². The summed E-state index contributed by atoms with van der Waals surface area (Å²) in [5.74, 6) is -0.568. The summed E-state index contributed by atoms with van der Waals surface area (Å²) in [6.07, 6.45) is 0. The number of carbonyl (C=O) groups excluding carboxylic acids is 3. The van der Waals surface area contributed by atoms with Gasteiger partial charge in [-0.05, 0) is 36.4 Å². The smallest absolute Gasteiger partial charge is 0.231 e. The third-order valence-electron chi connectivity index (χ3n) is 6.96. The van der Waals surface area contributed by atoms with Gasteiger partial charge in [0.1, 0.15) is 20.9 Å². The third-order valence-corrected chi connectivity index (χ3v) is 12.4. The Morgan fingerprint density at radius 2 is 0.932 bits per heavy atom. The van der Waals surface area contributed by atoms with Gasteiger partial charge in [0.25, 0.3) is 0 Å². The predicted molar refractivity (Wildman–Crippen MR) is 180 cm³/mol. The Hall–Kier alpha value is -3.84. The minimum Gasteiger partial charge on any atom is -1.00 e. The number of ketones is 2. The molecule has 0 saturated heterocycles. The molecule has 0 heterocycles. The van der Waals surface area contributed by atoms with Gasteiger partial charge in [-0.3, -0.25) is 14.4 Å². The molecule has 1 N–H and O–H groups in total. The second-order valence-corrected chi connectivity index (χ2v) is 14.1. The van der Waals surface area contributed by atoms with Gasteiger partial charge >= 0.3 is 0 Å². The van der Waals surface area contributed by atoms with Crippen LogP contribution in [0.5, 0.6) is 0 Å². The average molecular weight is 728 g/mol. The molecule has 0 bridgehead atoms. The van der Waals surface area contributed by atoms with E-state index in [1.807, 2.05) is 91.0 Å². The van der Waals surface area contributed by atoms with Crippen molar-refractivity contribution in [3.05, 3.63) is 173 Å². The standard InChI is InChI=1S/C37H30NO3PS.HI/c1-28(39)38-37(43-27-34(40)29-17-7-2-8-18-29)36(35(41)30-19-9-3-10-20-30)42(31-21-11-4-12-22-31,32-23-13-5-14-24-32)33-25-15-6-16-26-33;/h2-26H,27H2,1H3;1H. The van der Waals surface area contributed by atoms with E-state index in [0.29, 0.717) is 21.5 Å². The molecule has 5 aromatic rings. The highest BCUT2D eigenvalue weighted by Crippen LogP contribution is 2.64. The Kier molecular flexibility index (Phi) is 11.8. The summed E-state index contributed by atoms with van der Waals surface area (Å²) in [5, 5.41) is 6.76. The number of thioether (sulfide) groups is 1. The Morgan fingerprint density at radius 1 is 0.568 bits per heavy atom. The summed E-state index contributed by atoms with van der Waals surface area (Å²) in [7, 11) is -2.95. The molecule has 0 aliphatic carbocycles. The van der Waals surface area contributed by atoms with Gasteiger partial charge in [-0.25, -0.2) is 0 Å². The fourth-order valence-electron chi connectivity index (χ4n) is 5.09. The van der Waals surface area contributed by atoms with Gasteiger partial charge in [-0.1, -0.05) is 127 Å². The topological polar surface area (TPSA) is 63.2 Å². The number of allylic oxidation sites excluding steroid dienone is 1. The number of hydrogen-bond donors (Lipinski definition) is 1. The highest BCUT2D eigenvalue weighted by atomic mass is 127. The van der Waals surface area contributed by atoms with Crippen LogP contribution in [0.1, 0.15) is 27.6 Å². The van der Waals surface area contributed by atoms with E-state index >= 15 is 0 Å². The summed E-state index contributed by atoms with van der Waals surface area (Å²) in [4.78, 5) is 41.1. The third kappa shape index (κ3) is 7.27. The van der Waals surface area contributed by atoms with E-state index in [9.17, 15) is 14.4 Å². The van der Waals surface area contributed by atoms with E-state index in [0.717, 1.165) is 15.9 Å². The maximum absolute atomic E-state index is 15.0. The number of hydrogen-bond acceptors (Lipinski definition) is 4. The monoisotopic (exact) mass is 727 g/mol. The molecule has 0 aliphatic heterocycles. The van der Waals surface area contributed by atoms with Crippen LogP contribution in [-0.2, 0) is 4.79 Å². The highest BCUT2D eigenvalue weighted by molar-refractivity contribution is 8.05. The SMILES string of the molecule is CC(=O)NC(SCC(=O)c1ccccc1)=C(C(=O)c1ccccc1)[P+](c1ccccc1)(c1ccccc1)c1ccccc1.[I-]. The van der Waals surface area contributed by atoms with Crippen LogP contribution in [0.25, 0.3) is 0 Å². The lowest BCUT2D eigenvalue weighted by molar-refractivity contribution is -0.118. The Bertz CT molecular complexity index is 1640. The lowest BCUT2D eigenvalue weighted by Crippen LogP contribution is -3.00. The molecular weight excluding hydrogens is 696 g/mol. The van der Waals surface area contributed by atoms with E-state index in [-0.39, 0.29) is 47.2 Å². The molecule has 0 aromatic heterocycles. The molecule has 1 amide bonds. The normalized spacial score (nSPS) is 11.5. The van der Waals surface area contributed by atoms with Crippen molar-refractivity contribution in [1.29, 1.82) is 0 Å². The first kappa shape index (κ1) is 33.1. The predicted octanol–water partition coefficient (Wildman–Crippen LogP) is 3.79. The number of benzene rings is 5. The first-order valence-corrected chi connectivity index (χ1v) is 16.7. The van der Waals surface area contributed by atoms with Gasteiger partial charge in [-0.15, -0.1) is 0 Å². The largest absolute Gasteiger partial charge is 1.00 e. The van der Waals surface area contributed by atoms with Gasteiger partial charge in [-0.2, -0.15) is 0 Å². The molecule has 5 rings (SSSR count). The average Bonchev–Trinajstić information content (AvgIpc) is 3.07. The van der Waals surface area contributed by atoms with Crippen LogP contribution >= 0.6 is 19.0 Å². The Morgan fingerprint density at radius 3 is 1.32 bits per heavy atom. The Balaban J connectivity index is 0.00000442.